The number of aromatic nitrogens is 3. The maximum atomic E-state index is 5.64. The average Bonchev–Trinajstić information content (AvgIpc) is 3.02. The van der Waals surface area contributed by atoms with Gasteiger partial charge < -0.3 is 30.7 Å². The van der Waals surface area contributed by atoms with Gasteiger partial charge in [-0.05, 0) is 23.1 Å². The molecule has 0 amide bonds. The first-order valence-corrected chi connectivity index (χ1v) is 14.2. The van der Waals surface area contributed by atoms with Crippen molar-refractivity contribution in [3.05, 3.63) is 108 Å². The third kappa shape index (κ3) is 10.1. The Morgan fingerprint density at radius 3 is 1.80 bits per heavy atom. The standard InChI is InChI=1S/C32H41N7O2/c1-39(25-26-11-5-2-6-12-26)32-37-30(36-31(38-32)35-20-22-41-24-23-40-21-18-33)34-19-17-29(27-13-7-3-8-14-27)28-15-9-4-10-16-28/h2-16,29H,17-25,33H2,1H3,(H2,34,35,36,37,38). The normalized spacial score (nSPS) is 11.0. The predicted octanol–water partition coefficient (Wildman–Crippen LogP) is 4.55. The third-order valence-corrected chi connectivity index (χ3v) is 6.51. The lowest BCUT2D eigenvalue weighted by Crippen LogP contribution is -2.22. The summed E-state index contributed by atoms with van der Waals surface area (Å²) in [7, 11) is 1.99. The molecule has 4 rings (SSSR count). The second-order valence-electron chi connectivity index (χ2n) is 9.65. The zero-order chi connectivity index (χ0) is 28.5. The summed E-state index contributed by atoms with van der Waals surface area (Å²) in [5, 5.41) is 6.74. The molecule has 0 atom stereocenters. The predicted molar refractivity (Wildman–Crippen MR) is 165 cm³/mol. The summed E-state index contributed by atoms with van der Waals surface area (Å²) in [4.78, 5) is 16.1. The van der Waals surface area contributed by atoms with Crippen LogP contribution in [-0.2, 0) is 16.0 Å². The Bertz CT molecular complexity index is 1220. The van der Waals surface area contributed by atoms with Crippen LogP contribution in [0.2, 0.25) is 0 Å². The molecule has 0 radical (unpaired) electrons. The van der Waals surface area contributed by atoms with Gasteiger partial charge in [0, 0.05) is 39.1 Å². The molecule has 0 spiro atoms. The highest BCUT2D eigenvalue weighted by Crippen LogP contribution is 2.28. The maximum Gasteiger partial charge on any atom is 0.231 e. The van der Waals surface area contributed by atoms with Gasteiger partial charge in [-0.1, -0.05) is 91.0 Å². The lowest BCUT2D eigenvalue weighted by Gasteiger charge is -2.20. The third-order valence-electron chi connectivity index (χ3n) is 6.51. The number of rotatable bonds is 18. The van der Waals surface area contributed by atoms with Gasteiger partial charge in [-0.15, -0.1) is 0 Å². The molecule has 9 nitrogen and oxygen atoms in total. The Kier molecular flexibility index (Phi) is 12.3. The van der Waals surface area contributed by atoms with Crippen molar-refractivity contribution in [3.63, 3.8) is 0 Å². The van der Waals surface area contributed by atoms with Crippen molar-refractivity contribution in [3.8, 4) is 0 Å². The zero-order valence-corrected chi connectivity index (χ0v) is 23.8. The van der Waals surface area contributed by atoms with Gasteiger partial charge in [0.1, 0.15) is 0 Å². The second-order valence-corrected chi connectivity index (χ2v) is 9.65. The highest BCUT2D eigenvalue weighted by Gasteiger charge is 2.15. The number of hydrogen-bond donors (Lipinski definition) is 3. The molecule has 0 unspecified atom stereocenters. The summed E-state index contributed by atoms with van der Waals surface area (Å²) in [5.74, 6) is 1.89. The van der Waals surface area contributed by atoms with Crippen LogP contribution in [0.15, 0.2) is 91.0 Å². The molecule has 0 aliphatic rings. The summed E-state index contributed by atoms with van der Waals surface area (Å²) in [6.45, 7) is 4.54. The smallest absolute Gasteiger partial charge is 0.231 e. The van der Waals surface area contributed by atoms with E-state index in [0.29, 0.717) is 70.5 Å². The van der Waals surface area contributed by atoms with Crippen LogP contribution in [0.1, 0.15) is 29.0 Å². The Morgan fingerprint density at radius 1 is 0.683 bits per heavy atom. The minimum Gasteiger partial charge on any atom is -0.378 e. The average molecular weight is 556 g/mol. The van der Waals surface area contributed by atoms with Crippen molar-refractivity contribution in [1.29, 1.82) is 0 Å². The molecule has 3 aromatic carbocycles. The van der Waals surface area contributed by atoms with Crippen LogP contribution in [0.4, 0.5) is 17.8 Å². The van der Waals surface area contributed by atoms with Gasteiger partial charge in [-0.25, -0.2) is 0 Å². The minimum atomic E-state index is 0.260. The monoisotopic (exact) mass is 555 g/mol. The van der Waals surface area contributed by atoms with Crippen molar-refractivity contribution in [2.75, 3.05) is 68.6 Å². The van der Waals surface area contributed by atoms with Gasteiger partial charge in [-0.3, -0.25) is 0 Å². The quantitative estimate of drug-likeness (QED) is 0.152. The molecule has 0 bridgehead atoms. The SMILES string of the molecule is CN(Cc1ccccc1)c1nc(NCCOCCOCCN)nc(NCCC(c2ccccc2)c2ccccc2)n1. The van der Waals surface area contributed by atoms with Gasteiger partial charge in [0.2, 0.25) is 17.8 Å². The maximum absolute atomic E-state index is 5.64. The summed E-state index contributed by atoms with van der Waals surface area (Å²) < 4.78 is 11.0. The first-order valence-electron chi connectivity index (χ1n) is 14.2. The van der Waals surface area contributed by atoms with Crippen LogP contribution in [0.25, 0.3) is 0 Å². The van der Waals surface area contributed by atoms with Crippen LogP contribution in [0.5, 0.6) is 0 Å². The Labute approximate surface area is 243 Å². The highest BCUT2D eigenvalue weighted by atomic mass is 16.5. The Balaban J connectivity index is 1.42. The molecule has 4 N–H and O–H groups in total. The Hall–Kier alpha value is -4.05. The van der Waals surface area contributed by atoms with E-state index in [1.54, 1.807) is 0 Å². The molecule has 0 aliphatic carbocycles. The van der Waals surface area contributed by atoms with E-state index in [9.17, 15) is 0 Å². The van der Waals surface area contributed by atoms with E-state index in [-0.39, 0.29) is 5.92 Å². The summed E-state index contributed by atoms with van der Waals surface area (Å²) in [6, 6.07) is 31.5. The van der Waals surface area contributed by atoms with Gasteiger partial charge in [-0.2, -0.15) is 15.0 Å². The fraction of sp³-hybridized carbons (Fsp3) is 0.344. The molecule has 41 heavy (non-hydrogen) atoms. The number of benzene rings is 3. The van der Waals surface area contributed by atoms with Crippen LogP contribution >= 0.6 is 0 Å². The van der Waals surface area contributed by atoms with Crippen LogP contribution in [0.3, 0.4) is 0 Å². The van der Waals surface area contributed by atoms with E-state index in [0.717, 1.165) is 6.42 Å². The first kappa shape index (κ1) is 29.9. The molecule has 0 saturated heterocycles. The van der Waals surface area contributed by atoms with Crippen LogP contribution in [-0.4, -0.2) is 68.1 Å². The number of nitrogens with zero attached hydrogens (tertiary/aromatic N) is 4. The lowest BCUT2D eigenvalue weighted by molar-refractivity contribution is 0.0547. The number of anilines is 3. The second kappa shape index (κ2) is 16.9. The van der Waals surface area contributed by atoms with Crippen molar-refractivity contribution in [2.45, 2.75) is 18.9 Å². The van der Waals surface area contributed by atoms with Crippen molar-refractivity contribution >= 4 is 17.8 Å². The minimum absolute atomic E-state index is 0.260. The largest absolute Gasteiger partial charge is 0.378 e. The molecule has 0 fully saturated rings. The van der Waals surface area contributed by atoms with Crippen molar-refractivity contribution < 1.29 is 9.47 Å². The van der Waals surface area contributed by atoms with E-state index in [1.165, 1.54) is 16.7 Å². The highest BCUT2D eigenvalue weighted by molar-refractivity contribution is 5.44. The molecule has 0 saturated carbocycles. The van der Waals surface area contributed by atoms with Gasteiger partial charge in [0.15, 0.2) is 0 Å². The Morgan fingerprint density at radius 2 is 1.22 bits per heavy atom. The molecule has 0 aliphatic heterocycles. The summed E-state index contributed by atoms with van der Waals surface area (Å²) in [5.41, 5.74) is 9.19. The summed E-state index contributed by atoms with van der Waals surface area (Å²) >= 11 is 0. The van der Waals surface area contributed by atoms with Crippen molar-refractivity contribution in [2.24, 2.45) is 5.73 Å². The number of nitrogens with one attached hydrogen (secondary N) is 2. The van der Waals surface area contributed by atoms with E-state index in [4.69, 9.17) is 20.2 Å². The van der Waals surface area contributed by atoms with Crippen LogP contribution < -0.4 is 21.3 Å². The fourth-order valence-corrected chi connectivity index (χ4v) is 4.49. The molecule has 1 aromatic heterocycles. The van der Waals surface area contributed by atoms with E-state index in [2.05, 4.69) is 93.4 Å². The number of nitrogens with two attached hydrogens (primary N) is 1. The lowest BCUT2D eigenvalue weighted by atomic mass is 9.88. The topological polar surface area (TPSA) is 110 Å². The summed E-state index contributed by atoms with van der Waals surface area (Å²) in [6.07, 6.45) is 0.887. The fourth-order valence-electron chi connectivity index (χ4n) is 4.49. The van der Waals surface area contributed by atoms with E-state index < -0.39 is 0 Å². The van der Waals surface area contributed by atoms with E-state index >= 15 is 0 Å². The van der Waals surface area contributed by atoms with Gasteiger partial charge in [0.25, 0.3) is 0 Å². The molecule has 9 heteroatoms. The van der Waals surface area contributed by atoms with Gasteiger partial charge >= 0.3 is 0 Å². The zero-order valence-electron chi connectivity index (χ0n) is 23.8. The molecular weight excluding hydrogens is 514 g/mol. The first-order chi connectivity index (χ1) is 20.2. The molecular formula is C32H41N7O2. The molecule has 216 valence electrons. The van der Waals surface area contributed by atoms with Gasteiger partial charge in [0.05, 0.1) is 26.4 Å². The van der Waals surface area contributed by atoms with Crippen LogP contribution in [0, 0.1) is 0 Å². The number of hydrogen-bond acceptors (Lipinski definition) is 9. The van der Waals surface area contributed by atoms with E-state index in [1.807, 2.05) is 30.1 Å². The molecule has 4 aromatic rings. The van der Waals surface area contributed by atoms with Crippen molar-refractivity contribution in [1.82, 2.24) is 15.0 Å². The number of ether oxygens (including phenoxy) is 2. The molecule has 1 heterocycles.